The van der Waals surface area contributed by atoms with E-state index in [1.165, 1.54) is 14.2 Å². The number of dihydropyridines is 1. The third kappa shape index (κ3) is 4.35. The second-order valence-electron chi connectivity index (χ2n) is 7.03. The van der Waals surface area contributed by atoms with E-state index in [0.717, 1.165) is 0 Å². The maximum atomic E-state index is 12.7. The van der Waals surface area contributed by atoms with Crippen LogP contribution in [0.2, 0.25) is 0 Å². The Hall–Kier alpha value is -4.35. The van der Waals surface area contributed by atoms with Gasteiger partial charge in [-0.1, -0.05) is 18.2 Å². The summed E-state index contributed by atoms with van der Waals surface area (Å²) >= 11 is 0. The van der Waals surface area contributed by atoms with Crippen molar-refractivity contribution in [2.75, 3.05) is 14.2 Å². The fraction of sp³-hybridized carbons (Fsp3) is 0.286. The van der Waals surface area contributed by atoms with Crippen LogP contribution in [0.4, 0.5) is 0 Å². The van der Waals surface area contributed by atoms with Crippen LogP contribution in [0.5, 0.6) is 5.75 Å². The zero-order valence-electron chi connectivity index (χ0n) is 18.3. The van der Waals surface area contributed by atoms with Gasteiger partial charge in [0.1, 0.15) is 5.75 Å². The van der Waals surface area contributed by atoms with Crippen molar-refractivity contribution in [1.29, 1.82) is 0 Å². The van der Waals surface area contributed by atoms with Crippen molar-refractivity contribution in [1.82, 2.24) is 10.5 Å². The number of hydrogen-bond acceptors (Lipinski definition) is 10. The summed E-state index contributed by atoms with van der Waals surface area (Å²) in [7, 11) is 2.47. The Balaban J connectivity index is 2.10. The van der Waals surface area contributed by atoms with Gasteiger partial charge in [-0.25, -0.2) is 9.59 Å². The molecule has 0 spiro atoms. The summed E-state index contributed by atoms with van der Waals surface area (Å²) in [5.41, 5.74) is 6.40. The molecule has 12 heteroatoms. The van der Waals surface area contributed by atoms with Crippen molar-refractivity contribution in [2.45, 2.75) is 26.4 Å². The molecular formula is C21H22N4O8. The molecule has 1 aliphatic heterocycles. The minimum absolute atomic E-state index is 0.108. The Morgan fingerprint density at radius 2 is 1.70 bits per heavy atom. The fourth-order valence-electron chi connectivity index (χ4n) is 3.67. The minimum atomic E-state index is -1.03. The molecule has 3 rings (SSSR count). The average molecular weight is 458 g/mol. The molecule has 3 N–H and O–H groups in total. The van der Waals surface area contributed by atoms with E-state index >= 15 is 0 Å². The number of benzene rings is 1. The average Bonchev–Trinajstić information content (AvgIpc) is 3.17. The predicted molar refractivity (Wildman–Crippen MR) is 110 cm³/mol. The highest BCUT2D eigenvalue weighted by atomic mass is 16.8. The standard InChI is InChI=1S/C21H22N4O8/c1-10-15(20(27)30-3)17(16(11(2)23-10)21(28)31-4)12-7-5-6-8-14(12)32-9-13-18(19(22)26)25(29)33-24-13/h5-8,17,23H,9H2,1-4H3,(H2,22,26). The Bertz CT molecular complexity index is 1140. The van der Waals surface area contributed by atoms with Crippen LogP contribution in [0.15, 0.2) is 51.4 Å². The molecule has 174 valence electrons. The maximum absolute atomic E-state index is 12.7. The van der Waals surface area contributed by atoms with E-state index in [1.54, 1.807) is 38.1 Å². The molecule has 2 aromatic rings. The van der Waals surface area contributed by atoms with E-state index < -0.39 is 29.5 Å². The number of nitrogens with one attached hydrogen (secondary N) is 1. The number of aromatic nitrogens is 2. The molecule has 12 nitrogen and oxygen atoms in total. The molecule has 1 aliphatic rings. The molecule has 0 bridgehead atoms. The van der Waals surface area contributed by atoms with Gasteiger partial charge in [-0.15, -0.1) is 0 Å². The molecular weight excluding hydrogens is 436 g/mol. The minimum Gasteiger partial charge on any atom is -0.484 e. The quantitative estimate of drug-likeness (QED) is 0.441. The van der Waals surface area contributed by atoms with E-state index in [0.29, 0.717) is 17.0 Å². The van der Waals surface area contributed by atoms with Crippen LogP contribution < -0.4 is 20.7 Å². The van der Waals surface area contributed by atoms with Gasteiger partial charge in [0.25, 0.3) is 17.3 Å². The summed E-state index contributed by atoms with van der Waals surface area (Å²) in [4.78, 5) is 36.8. The summed E-state index contributed by atoms with van der Waals surface area (Å²) < 4.78 is 20.2. The first kappa shape index (κ1) is 23.3. The second kappa shape index (κ2) is 9.42. The van der Waals surface area contributed by atoms with Crippen LogP contribution in [0, 0.1) is 5.21 Å². The van der Waals surface area contributed by atoms with Gasteiger partial charge in [-0.2, -0.15) is 0 Å². The first-order chi connectivity index (χ1) is 15.7. The topological polar surface area (TPSA) is 170 Å². The van der Waals surface area contributed by atoms with Gasteiger partial charge in [-0.05, 0) is 24.8 Å². The van der Waals surface area contributed by atoms with E-state index in [1.807, 2.05) is 0 Å². The van der Waals surface area contributed by atoms with E-state index in [2.05, 4.69) is 15.1 Å². The van der Waals surface area contributed by atoms with Crippen LogP contribution in [0.1, 0.15) is 41.5 Å². The lowest BCUT2D eigenvalue weighted by Crippen LogP contribution is -2.35. The number of amides is 1. The van der Waals surface area contributed by atoms with Crippen molar-refractivity contribution in [3.8, 4) is 5.75 Å². The van der Waals surface area contributed by atoms with Crippen molar-refractivity contribution in [3.05, 3.63) is 69.0 Å². The number of methoxy groups -OCH3 is 2. The molecule has 2 heterocycles. The number of primary amides is 1. The third-order valence-electron chi connectivity index (χ3n) is 5.08. The van der Waals surface area contributed by atoms with Gasteiger partial charge in [0.05, 0.1) is 31.3 Å². The smallest absolute Gasteiger partial charge is 0.336 e. The number of ether oxygens (including phenoxy) is 3. The molecule has 0 aliphatic carbocycles. The number of esters is 2. The Kier molecular flexibility index (Phi) is 6.66. The molecule has 0 saturated carbocycles. The SMILES string of the molecule is COC(=O)C1=C(C)NC(C)=C(C(=O)OC)C1c1ccccc1OCc1no[n+]([O-])c1C(N)=O. The summed E-state index contributed by atoms with van der Waals surface area (Å²) in [5.74, 6) is -2.96. The zero-order chi connectivity index (χ0) is 24.3. The number of para-hydroxylation sites is 1. The predicted octanol–water partition coefficient (Wildman–Crippen LogP) is 0.567. The van der Waals surface area contributed by atoms with Crippen molar-refractivity contribution < 1.29 is 38.1 Å². The number of allylic oxidation sites excluding steroid dienone is 2. The van der Waals surface area contributed by atoms with E-state index in [9.17, 15) is 19.6 Å². The largest absolute Gasteiger partial charge is 0.484 e. The number of rotatable bonds is 7. The number of nitrogens with zero attached hydrogens (tertiary/aromatic N) is 2. The second-order valence-corrected chi connectivity index (χ2v) is 7.03. The molecule has 0 unspecified atom stereocenters. The molecule has 0 saturated heterocycles. The van der Waals surface area contributed by atoms with Gasteiger partial charge in [0, 0.05) is 22.1 Å². The maximum Gasteiger partial charge on any atom is 0.336 e. The lowest BCUT2D eigenvalue weighted by atomic mass is 9.80. The van der Waals surface area contributed by atoms with Crippen LogP contribution in [0.25, 0.3) is 0 Å². The van der Waals surface area contributed by atoms with Crippen LogP contribution in [-0.2, 0) is 25.7 Å². The molecule has 0 radical (unpaired) electrons. The Labute approximate surface area is 188 Å². The Morgan fingerprint density at radius 1 is 1.12 bits per heavy atom. The van der Waals surface area contributed by atoms with E-state index in [4.69, 9.17) is 19.9 Å². The van der Waals surface area contributed by atoms with Gasteiger partial charge in [0.15, 0.2) is 6.61 Å². The zero-order valence-corrected chi connectivity index (χ0v) is 18.3. The summed E-state index contributed by atoms with van der Waals surface area (Å²) in [6, 6.07) is 6.65. The number of carbonyl (C=O) groups excluding carboxylic acids is 3. The third-order valence-corrected chi connectivity index (χ3v) is 5.08. The summed E-state index contributed by atoms with van der Waals surface area (Å²) in [5, 5.41) is 18.1. The van der Waals surface area contributed by atoms with Gasteiger partial charge in [0.2, 0.25) is 0 Å². The van der Waals surface area contributed by atoms with Gasteiger partial charge in [-0.3, -0.25) is 9.42 Å². The van der Waals surface area contributed by atoms with E-state index in [-0.39, 0.29) is 34.1 Å². The first-order valence-corrected chi connectivity index (χ1v) is 9.66. The van der Waals surface area contributed by atoms with Crippen molar-refractivity contribution in [2.24, 2.45) is 5.73 Å². The van der Waals surface area contributed by atoms with Crippen LogP contribution >= 0.6 is 0 Å². The van der Waals surface area contributed by atoms with Crippen molar-refractivity contribution in [3.63, 3.8) is 0 Å². The molecule has 1 amide bonds. The van der Waals surface area contributed by atoms with Crippen molar-refractivity contribution >= 4 is 17.8 Å². The Morgan fingerprint density at radius 3 is 2.24 bits per heavy atom. The number of nitrogens with two attached hydrogens (primary N) is 1. The highest BCUT2D eigenvalue weighted by Crippen LogP contribution is 2.42. The lowest BCUT2D eigenvalue weighted by Gasteiger charge is -2.30. The lowest BCUT2D eigenvalue weighted by molar-refractivity contribution is -0.803. The number of carbonyl (C=O) groups is 3. The number of hydrogen-bond donors (Lipinski definition) is 2. The fourth-order valence-corrected chi connectivity index (χ4v) is 3.67. The highest BCUT2D eigenvalue weighted by Gasteiger charge is 2.39. The first-order valence-electron chi connectivity index (χ1n) is 9.66. The van der Waals surface area contributed by atoms with Gasteiger partial charge >= 0.3 is 11.9 Å². The van der Waals surface area contributed by atoms with Crippen LogP contribution in [0.3, 0.4) is 0 Å². The highest BCUT2D eigenvalue weighted by molar-refractivity contribution is 6.00. The molecule has 1 aromatic heterocycles. The molecule has 1 aromatic carbocycles. The molecule has 0 fully saturated rings. The monoisotopic (exact) mass is 458 g/mol. The van der Waals surface area contributed by atoms with Gasteiger partial charge < -0.3 is 30.5 Å². The molecule has 33 heavy (non-hydrogen) atoms. The normalized spacial score (nSPS) is 14.1. The summed E-state index contributed by atoms with van der Waals surface area (Å²) in [6.45, 7) is 3.02. The molecule has 0 atom stereocenters. The van der Waals surface area contributed by atoms with Crippen LogP contribution in [-0.4, -0.2) is 37.2 Å². The summed E-state index contributed by atoms with van der Waals surface area (Å²) in [6.07, 6.45) is 0.